The fourth-order valence-corrected chi connectivity index (χ4v) is 3.63. The second-order valence-corrected chi connectivity index (χ2v) is 7.17. The van der Waals surface area contributed by atoms with Gasteiger partial charge in [-0.25, -0.2) is 4.90 Å². The Balaban J connectivity index is 1.93. The van der Waals surface area contributed by atoms with Crippen molar-refractivity contribution in [3.63, 3.8) is 0 Å². The molecule has 0 aliphatic carbocycles. The van der Waals surface area contributed by atoms with Crippen LogP contribution in [0.5, 0.6) is 0 Å². The summed E-state index contributed by atoms with van der Waals surface area (Å²) in [6, 6.07) is 10.4. The van der Waals surface area contributed by atoms with Crippen molar-refractivity contribution < 1.29 is 22.8 Å². The van der Waals surface area contributed by atoms with E-state index in [1.807, 2.05) is 31.2 Å². The van der Waals surface area contributed by atoms with Crippen LogP contribution in [-0.2, 0) is 17.4 Å². The van der Waals surface area contributed by atoms with E-state index in [1.54, 1.807) is 6.08 Å². The van der Waals surface area contributed by atoms with E-state index in [0.29, 0.717) is 17.8 Å². The minimum Gasteiger partial charge on any atom is -0.268 e. The molecule has 0 bridgehead atoms. The van der Waals surface area contributed by atoms with Crippen molar-refractivity contribution in [2.24, 2.45) is 0 Å². The van der Waals surface area contributed by atoms with Gasteiger partial charge in [0.2, 0.25) is 0 Å². The first kappa shape index (κ1) is 19.5. The fourth-order valence-electron chi connectivity index (χ4n) is 2.56. The van der Waals surface area contributed by atoms with E-state index in [2.05, 4.69) is 0 Å². The number of benzene rings is 2. The van der Waals surface area contributed by atoms with Crippen LogP contribution < -0.4 is 4.90 Å². The zero-order valence-corrected chi connectivity index (χ0v) is 15.6. The highest BCUT2D eigenvalue weighted by Gasteiger charge is 2.39. The monoisotopic (exact) mass is 411 g/mol. The zero-order chi connectivity index (χ0) is 19.8. The van der Waals surface area contributed by atoms with Gasteiger partial charge in [0.05, 0.1) is 21.2 Å². The molecule has 0 saturated carbocycles. The molecule has 1 aliphatic rings. The van der Waals surface area contributed by atoms with E-state index in [0.717, 1.165) is 28.5 Å². The molecular weight excluding hydrogens is 399 g/mol. The van der Waals surface area contributed by atoms with Gasteiger partial charge in [-0.15, -0.1) is 0 Å². The minimum absolute atomic E-state index is 0.146. The van der Waals surface area contributed by atoms with Crippen LogP contribution in [0.25, 0.3) is 6.08 Å². The molecule has 3 nitrogen and oxygen atoms in total. The lowest BCUT2D eigenvalue weighted by atomic mass is 10.1. The number of alkyl halides is 3. The van der Waals surface area contributed by atoms with Gasteiger partial charge in [0.25, 0.3) is 11.1 Å². The third-order valence-electron chi connectivity index (χ3n) is 3.99. The SMILES string of the molecule is CCc1ccc(/C=C2\SC(=O)N(c3ccc(Cl)c(C(F)(F)F)c3)C2=O)cc1. The largest absolute Gasteiger partial charge is 0.417 e. The summed E-state index contributed by atoms with van der Waals surface area (Å²) in [5, 5.41) is -1.16. The summed E-state index contributed by atoms with van der Waals surface area (Å²) in [5.74, 6) is -0.667. The van der Waals surface area contributed by atoms with Gasteiger partial charge in [-0.3, -0.25) is 9.59 Å². The first-order chi connectivity index (χ1) is 12.7. The maximum Gasteiger partial charge on any atom is 0.417 e. The van der Waals surface area contributed by atoms with Crippen LogP contribution >= 0.6 is 23.4 Å². The van der Waals surface area contributed by atoms with E-state index in [-0.39, 0.29) is 10.6 Å². The van der Waals surface area contributed by atoms with Crippen LogP contribution in [0.1, 0.15) is 23.6 Å². The first-order valence-electron chi connectivity index (χ1n) is 7.94. The van der Waals surface area contributed by atoms with E-state index in [9.17, 15) is 22.8 Å². The van der Waals surface area contributed by atoms with Gasteiger partial charge < -0.3 is 0 Å². The van der Waals surface area contributed by atoms with Gasteiger partial charge >= 0.3 is 6.18 Å². The van der Waals surface area contributed by atoms with E-state index in [1.165, 1.54) is 6.07 Å². The van der Waals surface area contributed by atoms with Crippen LogP contribution in [0.15, 0.2) is 47.4 Å². The van der Waals surface area contributed by atoms with Crippen LogP contribution in [0.4, 0.5) is 23.7 Å². The average Bonchev–Trinajstić information content (AvgIpc) is 2.89. The molecule has 3 rings (SSSR count). The smallest absolute Gasteiger partial charge is 0.268 e. The highest BCUT2D eigenvalue weighted by Crippen LogP contribution is 2.40. The van der Waals surface area contributed by atoms with Gasteiger partial charge in [0.15, 0.2) is 0 Å². The highest BCUT2D eigenvalue weighted by atomic mass is 35.5. The summed E-state index contributed by atoms with van der Waals surface area (Å²) < 4.78 is 39.1. The summed E-state index contributed by atoms with van der Waals surface area (Å²) in [6.45, 7) is 2.02. The summed E-state index contributed by atoms with van der Waals surface area (Å²) in [7, 11) is 0. The molecule has 1 aliphatic heterocycles. The van der Waals surface area contributed by atoms with Gasteiger partial charge in [-0.05, 0) is 53.6 Å². The standard InChI is InChI=1S/C19H13ClF3NO2S/c1-2-11-3-5-12(6-4-11)9-16-17(25)24(18(26)27-16)13-7-8-15(20)14(10-13)19(21,22)23/h3-10H,2H2,1H3/b16-9-. The van der Waals surface area contributed by atoms with E-state index in [4.69, 9.17) is 11.6 Å². The summed E-state index contributed by atoms with van der Waals surface area (Å²) in [6.07, 6.45) is -2.27. The maximum atomic E-state index is 13.0. The number of carbonyl (C=O) groups excluding carboxylic acids is 2. The Kier molecular flexibility index (Phi) is 5.35. The Labute approximate surface area is 162 Å². The number of hydrogen-bond acceptors (Lipinski definition) is 3. The molecule has 0 unspecified atom stereocenters. The molecule has 0 atom stereocenters. The molecule has 0 aromatic heterocycles. The van der Waals surface area contributed by atoms with Crippen LogP contribution in [0.3, 0.4) is 0 Å². The Morgan fingerprint density at radius 1 is 1.11 bits per heavy atom. The lowest BCUT2D eigenvalue weighted by Gasteiger charge is -2.16. The molecule has 0 N–H and O–H groups in total. The Hall–Kier alpha value is -2.25. The van der Waals surface area contributed by atoms with E-state index >= 15 is 0 Å². The first-order valence-corrected chi connectivity index (χ1v) is 9.14. The third kappa shape index (κ3) is 4.04. The molecule has 140 valence electrons. The lowest BCUT2D eigenvalue weighted by molar-refractivity contribution is -0.137. The van der Waals surface area contributed by atoms with Crippen molar-refractivity contribution >= 4 is 46.3 Å². The summed E-state index contributed by atoms with van der Waals surface area (Å²) in [4.78, 5) is 25.7. The molecular formula is C19H13ClF3NO2S. The van der Waals surface area contributed by atoms with Crippen molar-refractivity contribution in [2.45, 2.75) is 19.5 Å². The van der Waals surface area contributed by atoms with Gasteiger partial charge in [-0.1, -0.05) is 42.8 Å². The number of hydrogen-bond donors (Lipinski definition) is 0. The lowest BCUT2D eigenvalue weighted by Crippen LogP contribution is -2.28. The van der Waals surface area contributed by atoms with Crippen molar-refractivity contribution in [1.82, 2.24) is 0 Å². The molecule has 1 heterocycles. The molecule has 2 aromatic rings. The van der Waals surface area contributed by atoms with Gasteiger partial charge in [-0.2, -0.15) is 13.2 Å². The molecule has 0 spiro atoms. The number of rotatable bonds is 3. The third-order valence-corrected chi connectivity index (χ3v) is 5.19. The number of halogens is 4. The number of anilines is 1. The molecule has 0 radical (unpaired) electrons. The predicted octanol–water partition coefficient (Wildman–Crippen LogP) is 6.16. The topological polar surface area (TPSA) is 37.4 Å². The molecule has 2 aromatic carbocycles. The molecule has 2 amide bonds. The number of carbonyl (C=O) groups is 2. The number of thioether (sulfide) groups is 1. The van der Waals surface area contributed by atoms with E-state index < -0.39 is 27.9 Å². The maximum absolute atomic E-state index is 13.0. The molecule has 1 saturated heterocycles. The Bertz CT molecular complexity index is 939. The van der Waals surface area contributed by atoms with Crippen molar-refractivity contribution in [1.29, 1.82) is 0 Å². The van der Waals surface area contributed by atoms with Crippen LogP contribution in [-0.4, -0.2) is 11.1 Å². The Morgan fingerprint density at radius 2 is 1.78 bits per heavy atom. The molecule has 1 fully saturated rings. The zero-order valence-electron chi connectivity index (χ0n) is 14.0. The second-order valence-electron chi connectivity index (χ2n) is 5.77. The minimum atomic E-state index is -4.69. The summed E-state index contributed by atoms with van der Waals surface area (Å²) >= 11 is 6.28. The molecule has 27 heavy (non-hydrogen) atoms. The van der Waals surface area contributed by atoms with Crippen molar-refractivity contribution in [3.05, 3.63) is 69.1 Å². The quantitative estimate of drug-likeness (QED) is 0.567. The number of imide groups is 1. The normalized spacial score (nSPS) is 16.5. The average molecular weight is 412 g/mol. The van der Waals surface area contributed by atoms with Gasteiger partial charge in [0, 0.05) is 0 Å². The summed E-state index contributed by atoms with van der Waals surface area (Å²) in [5.41, 5.74) is 0.588. The highest BCUT2D eigenvalue weighted by molar-refractivity contribution is 8.19. The van der Waals surface area contributed by atoms with Crippen LogP contribution in [0.2, 0.25) is 5.02 Å². The number of aryl methyl sites for hydroxylation is 1. The van der Waals surface area contributed by atoms with Crippen molar-refractivity contribution in [2.75, 3.05) is 4.90 Å². The number of amides is 2. The van der Waals surface area contributed by atoms with Gasteiger partial charge in [0.1, 0.15) is 0 Å². The Morgan fingerprint density at radius 3 is 2.37 bits per heavy atom. The second kappa shape index (κ2) is 7.40. The number of nitrogens with zero attached hydrogens (tertiary/aromatic N) is 1. The fraction of sp³-hybridized carbons (Fsp3) is 0.158. The van der Waals surface area contributed by atoms with Crippen molar-refractivity contribution in [3.8, 4) is 0 Å². The van der Waals surface area contributed by atoms with Crippen LogP contribution in [0, 0.1) is 0 Å². The predicted molar refractivity (Wildman–Crippen MR) is 101 cm³/mol. The molecule has 8 heteroatoms.